The molecule has 0 spiro atoms. The van der Waals surface area contributed by atoms with Crippen molar-refractivity contribution < 1.29 is 22.8 Å². The lowest BCUT2D eigenvalue weighted by molar-refractivity contribution is -0.122. The fourth-order valence-corrected chi connectivity index (χ4v) is 6.35. The van der Waals surface area contributed by atoms with Gasteiger partial charge in [-0.25, -0.2) is 4.39 Å². The number of carbonyl (C=O) groups is 1. The fourth-order valence-electron chi connectivity index (χ4n) is 3.93. The first-order valence-corrected chi connectivity index (χ1v) is 15.4. The van der Waals surface area contributed by atoms with Crippen LogP contribution in [0.1, 0.15) is 49.2 Å². The van der Waals surface area contributed by atoms with Crippen LogP contribution in [-0.2, 0) is 31.4 Å². The number of nitrogens with one attached hydrogen (secondary N) is 3. The van der Waals surface area contributed by atoms with Crippen molar-refractivity contribution in [3.05, 3.63) is 107 Å². The van der Waals surface area contributed by atoms with E-state index in [1.807, 2.05) is 74.5 Å². The van der Waals surface area contributed by atoms with Gasteiger partial charge in [-0.1, -0.05) is 92.7 Å². The average molecular weight is 586 g/mol. The summed E-state index contributed by atoms with van der Waals surface area (Å²) < 4.78 is 39.8. The zero-order chi connectivity index (χ0) is 28.8. The number of hydrogen-bond acceptors (Lipinski definition) is 5. The van der Waals surface area contributed by atoms with Crippen LogP contribution in [0, 0.1) is 5.82 Å². The molecule has 0 aromatic heterocycles. The van der Waals surface area contributed by atoms with Crippen molar-refractivity contribution in [2.24, 2.45) is 0 Å². The molecule has 0 aliphatic heterocycles. The minimum absolute atomic E-state index is 0.0240. The van der Waals surface area contributed by atoms with E-state index in [0.29, 0.717) is 30.4 Å². The van der Waals surface area contributed by atoms with Crippen LogP contribution in [-0.4, -0.2) is 30.3 Å². The van der Waals surface area contributed by atoms with Gasteiger partial charge < -0.3 is 25.0 Å². The van der Waals surface area contributed by atoms with Crippen LogP contribution in [0.5, 0.6) is 0 Å². The van der Waals surface area contributed by atoms with E-state index < -0.39 is 25.2 Å². The molecule has 0 aliphatic rings. The number of carbonyl (C=O) groups excluding carboxylic acids is 1. The maximum Gasteiger partial charge on any atom is 0.357 e. The molecule has 3 aromatic carbocycles. The Morgan fingerprint density at radius 1 is 0.875 bits per heavy atom. The summed E-state index contributed by atoms with van der Waals surface area (Å²) >= 11 is 5.64. The standard InChI is InChI=1S/C30H37FN3O4PS/c1-3-19-37-39(36,38-20-4-2)29(24-15-9-6-10-16-24)34-30(40)33-27(21-23-13-7-5-8-14-23)28(35)32-22-25-17-11-12-18-26(25)31/h5-18,27,29H,3-4,19-22H2,1-2H3,(H,32,35)(H2,33,34,40)/t27-,29?/m0/s1. The zero-order valence-corrected chi connectivity index (χ0v) is 24.6. The molecule has 1 unspecified atom stereocenters. The molecule has 1 amide bonds. The normalized spacial score (nSPS) is 12.8. The molecule has 0 saturated heterocycles. The largest absolute Gasteiger partial charge is 0.357 e. The van der Waals surface area contributed by atoms with Crippen molar-refractivity contribution in [1.82, 2.24) is 16.0 Å². The molecule has 0 fully saturated rings. The van der Waals surface area contributed by atoms with Gasteiger partial charge in [0.15, 0.2) is 10.9 Å². The Hall–Kier alpha value is -3.10. The lowest BCUT2D eigenvalue weighted by Gasteiger charge is -2.30. The van der Waals surface area contributed by atoms with Crippen LogP contribution in [0.4, 0.5) is 4.39 Å². The molecule has 40 heavy (non-hydrogen) atoms. The Kier molecular flexibility index (Phi) is 12.8. The molecule has 0 heterocycles. The van der Waals surface area contributed by atoms with E-state index in [1.165, 1.54) is 6.07 Å². The summed E-state index contributed by atoms with van der Waals surface area (Å²) in [6, 6.07) is 24.1. The van der Waals surface area contributed by atoms with Gasteiger partial charge >= 0.3 is 7.60 Å². The molecule has 0 aliphatic carbocycles. The number of halogens is 1. The quantitative estimate of drug-likeness (QED) is 0.143. The van der Waals surface area contributed by atoms with Crippen LogP contribution in [0.25, 0.3) is 0 Å². The predicted molar refractivity (Wildman–Crippen MR) is 160 cm³/mol. The molecule has 3 N–H and O–H groups in total. The minimum atomic E-state index is -3.71. The van der Waals surface area contributed by atoms with Crippen LogP contribution in [0.2, 0.25) is 0 Å². The number of rotatable bonds is 15. The van der Waals surface area contributed by atoms with Crippen molar-refractivity contribution in [1.29, 1.82) is 0 Å². The summed E-state index contributed by atoms with van der Waals surface area (Å²) in [5, 5.41) is 9.11. The zero-order valence-electron chi connectivity index (χ0n) is 22.8. The van der Waals surface area contributed by atoms with Gasteiger partial charge in [-0.3, -0.25) is 9.36 Å². The highest BCUT2D eigenvalue weighted by Gasteiger charge is 2.38. The van der Waals surface area contributed by atoms with Crippen LogP contribution in [0.3, 0.4) is 0 Å². The maximum atomic E-state index is 14.1. The maximum absolute atomic E-state index is 14.1. The van der Waals surface area contributed by atoms with Crippen molar-refractivity contribution in [2.75, 3.05) is 13.2 Å². The highest BCUT2D eigenvalue weighted by atomic mass is 32.1. The van der Waals surface area contributed by atoms with Gasteiger partial charge in [-0.05, 0) is 42.3 Å². The Morgan fingerprint density at radius 2 is 1.45 bits per heavy atom. The summed E-state index contributed by atoms with van der Waals surface area (Å²) in [7, 11) is -3.71. The van der Waals surface area contributed by atoms with Crippen LogP contribution in [0.15, 0.2) is 84.9 Å². The molecular formula is C30H37FN3O4PS. The first-order chi connectivity index (χ1) is 19.4. The summed E-state index contributed by atoms with van der Waals surface area (Å²) in [4.78, 5) is 13.3. The van der Waals surface area contributed by atoms with Crippen molar-refractivity contribution in [3.63, 3.8) is 0 Å². The third-order valence-electron chi connectivity index (χ3n) is 5.97. The molecule has 3 aromatic rings. The summed E-state index contributed by atoms with van der Waals surface area (Å²) in [6.07, 6.45) is 1.63. The number of thiocarbonyl (C=S) groups is 1. The van der Waals surface area contributed by atoms with E-state index in [0.717, 1.165) is 5.56 Å². The molecule has 10 heteroatoms. The van der Waals surface area contributed by atoms with Gasteiger partial charge in [0, 0.05) is 18.5 Å². The fraction of sp³-hybridized carbons (Fsp3) is 0.333. The smallest absolute Gasteiger partial charge is 0.351 e. The van der Waals surface area contributed by atoms with E-state index in [1.54, 1.807) is 18.2 Å². The van der Waals surface area contributed by atoms with Gasteiger partial charge in [0.05, 0.1) is 13.2 Å². The van der Waals surface area contributed by atoms with Gasteiger partial charge in [0.2, 0.25) is 5.91 Å². The second-order valence-corrected chi connectivity index (χ2v) is 11.7. The van der Waals surface area contributed by atoms with Crippen molar-refractivity contribution in [2.45, 2.75) is 51.5 Å². The molecular weight excluding hydrogens is 548 g/mol. The minimum Gasteiger partial charge on any atom is -0.351 e. The Bertz CT molecular complexity index is 1250. The predicted octanol–water partition coefficient (Wildman–Crippen LogP) is 6.26. The monoisotopic (exact) mass is 585 g/mol. The third kappa shape index (κ3) is 9.52. The van der Waals surface area contributed by atoms with Gasteiger partial charge in [0.25, 0.3) is 0 Å². The van der Waals surface area contributed by atoms with Crippen molar-refractivity contribution in [3.8, 4) is 0 Å². The lowest BCUT2D eigenvalue weighted by Crippen LogP contribution is -2.51. The molecule has 0 bridgehead atoms. The summed E-state index contributed by atoms with van der Waals surface area (Å²) in [6.45, 7) is 4.38. The molecule has 0 saturated carbocycles. The van der Waals surface area contributed by atoms with Gasteiger partial charge in [-0.2, -0.15) is 0 Å². The van der Waals surface area contributed by atoms with E-state index in [-0.39, 0.29) is 30.8 Å². The van der Waals surface area contributed by atoms with Gasteiger partial charge in [0.1, 0.15) is 11.9 Å². The molecule has 214 valence electrons. The van der Waals surface area contributed by atoms with E-state index in [2.05, 4.69) is 16.0 Å². The molecule has 2 atom stereocenters. The second-order valence-electron chi connectivity index (χ2n) is 9.19. The summed E-state index contributed by atoms with van der Waals surface area (Å²) in [5.41, 5.74) is 1.96. The highest BCUT2D eigenvalue weighted by Crippen LogP contribution is 2.59. The van der Waals surface area contributed by atoms with Crippen LogP contribution >= 0.6 is 19.8 Å². The third-order valence-corrected chi connectivity index (χ3v) is 8.35. The molecule has 0 radical (unpaired) electrons. The Balaban J connectivity index is 1.82. The SMILES string of the molecule is CCCOP(=O)(OCCC)C(NC(=S)N[C@@H](Cc1ccccc1)C(=O)NCc1ccccc1F)c1ccccc1. The number of amides is 1. The Labute approximate surface area is 241 Å². The van der Waals surface area contributed by atoms with Crippen LogP contribution < -0.4 is 16.0 Å². The van der Waals surface area contributed by atoms with Gasteiger partial charge in [-0.15, -0.1) is 0 Å². The number of hydrogen-bond donors (Lipinski definition) is 3. The van der Waals surface area contributed by atoms with Crippen molar-refractivity contribution >= 4 is 30.8 Å². The number of benzene rings is 3. The second kappa shape index (κ2) is 16.2. The first-order valence-electron chi connectivity index (χ1n) is 13.4. The summed E-state index contributed by atoms with van der Waals surface area (Å²) in [5.74, 6) is -1.65. The van der Waals surface area contributed by atoms with E-state index in [9.17, 15) is 13.8 Å². The average Bonchev–Trinajstić information content (AvgIpc) is 2.98. The van der Waals surface area contributed by atoms with E-state index in [4.69, 9.17) is 21.3 Å². The topological polar surface area (TPSA) is 88.7 Å². The molecule has 7 nitrogen and oxygen atoms in total. The van der Waals surface area contributed by atoms with E-state index >= 15 is 0 Å². The first kappa shape index (κ1) is 31.4. The lowest BCUT2D eigenvalue weighted by atomic mass is 10.1. The Morgan fingerprint density at radius 3 is 2.05 bits per heavy atom. The highest BCUT2D eigenvalue weighted by molar-refractivity contribution is 7.80. The molecule has 3 rings (SSSR count).